The Morgan fingerprint density at radius 3 is 2.29 bits per heavy atom. The molecule has 1 aromatic heterocycles. The number of furan rings is 1. The number of hydrogen-bond donors (Lipinski definition) is 3. The van der Waals surface area contributed by atoms with Gasteiger partial charge in [0.2, 0.25) is 0 Å². The second-order valence-electron chi connectivity index (χ2n) is 5.89. The third kappa shape index (κ3) is 4.12. The maximum atomic E-state index is 12.5. The molecule has 0 saturated carbocycles. The number of carbonyl (C=O) groups is 3. The molecule has 28 heavy (non-hydrogen) atoms. The Morgan fingerprint density at radius 1 is 0.964 bits per heavy atom. The Hall–Kier alpha value is -3.39. The van der Waals surface area contributed by atoms with Gasteiger partial charge in [0, 0.05) is 15.7 Å². The fourth-order valence-corrected chi connectivity index (χ4v) is 2.92. The van der Waals surface area contributed by atoms with E-state index in [-0.39, 0.29) is 17.0 Å². The number of amides is 2. The van der Waals surface area contributed by atoms with Crippen LogP contribution in [0.25, 0.3) is 0 Å². The fraction of sp³-hybridized carbons (Fsp3) is 0.0500. The molecule has 0 fully saturated rings. The van der Waals surface area contributed by atoms with Crippen molar-refractivity contribution in [3.8, 4) is 0 Å². The quantitative estimate of drug-likeness (QED) is 0.536. The molecule has 2 aromatic carbocycles. The second kappa shape index (κ2) is 8.10. The van der Waals surface area contributed by atoms with E-state index in [1.807, 2.05) is 0 Å². The summed E-state index contributed by atoms with van der Waals surface area (Å²) < 4.78 is 5.52. The summed E-state index contributed by atoms with van der Waals surface area (Å²) in [4.78, 5) is 35.9. The van der Waals surface area contributed by atoms with Crippen molar-refractivity contribution >= 4 is 45.1 Å². The second-order valence-corrected chi connectivity index (χ2v) is 6.68. The molecule has 142 valence electrons. The minimum absolute atomic E-state index is 0.0202. The van der Waals surface area contributed by atoms with Gasteiger partial charge in [0.1, 0.15) is 0 Å². The first-order valence-electron chi connectivity index (χ1n) is 8.15. The van der Waals surface area contributed by atoms with Crippen LogP contribution in [0.15, 0.2) is 63.7 Å². The van der Waals surface area contributed by atoms with Crippen LogP contribution in [0.2, 0.25) is 0 Å². The van der Waals surface area contributed by atoms with E-state index in [2.05, 4.69) is 26.6 Å². The third-order valence-corrected chi connectivity index (χ3v) is 4.98. The van der Waals surface area contributed by atoms with Gasteiger partial charge >= 0.3 is 5.97 Å². The van der Waals surface area contributed by atoms with Crippen LogP contribution in [0.5, 0.6) is 0 Å². The molecule has 0 aliphatic heterocycles. The van der Waals surface area contributed by atoms with Crippen LogP contribution < -0.4 is 10.6 Å². The predicted octanol–water partition coefficient (Wildman–Crippen LogP) is 4.55. The zero-order chi connectivity index (χ0) is 20.3. The molecule has 7 nitrogen and oxygen atoms in total. The van der Waals surface area contributed by atoms with Gasteiger partial charge in [-0.15, -0.1) is 0 Å². The number of hydrogen-bond acceptors (Lipinski definition) is 4. The van der Waals surface area contributed by atoms with Crippen molar-refractivity contribution in [1.29, 1.82) is 0 Å². The number of halogens is 1. The van der Waals surface area contributed by atoms with E-state index in [9.17, 15) is 19.5 Å². The van der Waals surface area contributed by atoms with Crippen molar-refractivity contribution in [2.75, 3.05) is 10.6 Å². The van der Waals surface area contributed by atoms with E-state index in [1.165, 1.54) is 30.5 Å². The first kappa shape index (κ1) is 19.4. The smallest absolute Gasteiger partial charge is 0.337 e. The molecule has 0 spiro atoms. The van der Waals surface area contributed by atoms with Gasteiger partial charge in [0.05, 0.1) is 17.5 Å². The summed E-state index contributed by atoms with van der Waals surface area (Å²) in [5.41, 5.74) is 1.75. The van der Waals surface area contributed by atoms with Crippen molar-refractivity contribution in [3.63, 3.8) is 0 Å². The van der Waals surface area contributed by atoms with Crippen molar-refractivity contribution < 1.29 is 23.9 Å². The highest BCUT2D eigenvalue weighted by Crippen LogP contribution is 2.30. The molecular formula is C20H15BrN2O5. The number of rotatable bonds is 5. The van der Waals surface area contributed by atoms with Crippen molar-refractivity contribution in [2.45, 2.75) is 6.92 Å². The number of anilines is 2. The SMILES string of the molecule is Cc1ccc(C(=O)O)c(NC(=O)c2ccc(NC(=O)c3ccco3)cc2)c1Br. The summed E-state index contributed by atoms with van der Waals surface area (Å²) in [5.74, 6) is -1.85. The monoisotopic (exact) mass is 442 g/mol. The summed E-state index contributed by atoms with van der Waals surface area (Å²) in [6, 6.07) is 12.4. The number of carboxylic acids is 1. The van der Waals surface area contributed by atoms with Crippen molar-refractivity contribution in [1.82, 2.24) is 0 Å². The van der Waals surface area contributed by atoms with E-state index < -0.39 is 17.8 Å². The number of carboxylic acid groups (broad SMARTS) is 1. The topological polar surface area (TPSA) is 109 Å². The van der Waals surface area contributed by atoms with Crippen LogP contribution >= 0.6 is 15.9 Å². The van der Waals surface area contributed by atoms with E-state index in [1.54, 1.807) is 31.2 Å². The maximum absolute atomic E-state index is 12.5. The molecule has 0 aliphatic carbocycles. The molecular weight excluding hydrogens is 428 g/mol. The van der Waals surface area contributed by atoms with Gasteiger partial charge in [0.15, 0.2) is 5.76 Å². The molecule has 0 bridgehead atoms. The summed E-state index contributed by atoms with van der Waals surface area (Å²) in [7, 11) is 0. The molecule has 0 unspecified atom stereocenters. The van der Waals surface area contributed by atoms with E-state index in [4.69, 9.17) is 4.42 Å². The molecule has 0 atom stereocenters. The zero-order valence-corrected chi connectivity index (χ0v) is 16.2. The van der Waals surface area contributed by atoms with Crippen LogP contribution in [-0.2, 0) is 0 Å². The van der Waals surface area contributed by atoms with Crippen LogP contribution in [0.3, 0.4) is 0 Å². The van der Waals surface area contributed by atoms with Gasteiger partial charge in [0.25, 0.3) is 11.8 Å². The van der Waals surface area contributed by atoms with E-state index in [0.29, 0.717) is 15.7 Å². The lowest BCUT2D eigenvalue weighted by Crippen LogP contribution is -2.16. The highest BCUT2D eigenvalue weighted by Gasteiger charge is 2.18. The Morgan fingerprint density at radius 2 is 1.68 bits per heavy atom. The Labute approximate surface area is 168 Å². The first-order valence-corrected chi connectivity index (χ1v) is 8.95. The Balaban J connectivity index is 1.76. The lowest BCUT2D eigenvalue weighted by molar-refractivity contribution is 0.0697. The average Bonchev–Trinajstić information content (AvgIpc) is 3.21. The van der Waals surface area contributed by atoms with Gasteiger partial charge in [-0.1, -0.05) is 6.07 Å². The number of nitrogens with one attached hydrogen (secondary N) is 2. The Bertz CT molecular complexity index is 1040. The average molecular weight is 443 g/mol. The summed E-state index contributed by atoms with van der Waals surface area (Å²) in [6.45, 7) is 1.79. The molecule has 0 saturated heterocycles. The van der Waals surface area contributed by atoms with Gasteiger partial charge < -0.3 is 20.2 Å². The number of carbonyl (C=O) groups excluding carboxylic acids is 2. The lowest BCUT2D eigenvalue weighted by atomic mass is 10.1. The first-order chi connectivity index (χ1) is 13.4. The summed E-state index contributed by atoms with van der Waals surface area (Å²) in [6.07, 6.45) is 1.40. The van der Waals surface area contributed by atoms with Crippen molar-refractivity contribution in [3.05, 3.63) is 81.7 Å². The van der Waals surface area contributed by atoms with Crippen LogP contribution in [0.4, 0.5) is 11.4 Å². The van der Waals surface area contributed by atoms with Gasteiger partial charge in [-0.2, -0.15) is 0 Å². The standard InChI is InChI=1S/C20H15BrN2O5/c1-11-4-9-14(20(26)27)17(16(11)21)23-18(24)12-5-7-13(8-6-12)22-19(25)15-3-2-10-28-15/h2-10H,1H3,(H,22,25)(H,23,24)(H,26,27). The fourth-order valence-electron chi connectivity index (χ4n) is 2.47. The molecule has 8 heteroatoms. The number of benzene rings is 2. The number of aromatic carboxylic acids is 1. The largest absolute Gasteiger partial charge is 0.478 e. The Kier molecular flexibility index (Phi) is 5.60. The highest BCUT2D eigenvalue weighted by molar-refractivity contribution is 9.10. The number of aryl methyl sites for hydroxylation is 1. The third-order valence-electron chi connectivity index (χ3n) is 3.95. The van der Waals surface area contributed by atoms with Gasteiger partial charge in [-0.05, 0) is 70.9 Å². The van der Waals surface area contributed by atoms with E-state index >= 15 is 0 Å². The van der Waals surface area contributed by atoms with Crippen LogP contribution in [0.1, 0.15) is 36.8 Å². The minimum atomic E-state index is -1.15. The van der Waals surface area contributed by atoms with Gasteiger partial charge in [-0.3, -0.25) is 9.59 Å². The molecule has 3 N–H and O–H groups in total. The maximum Gasteiger partial charge on any atom is 0.337 e. The molecule has 1 heterocycles. The summed E-state index contributed by atoms with van der Waals surface area (Å²) in [5, 5.41) is 14.6. The lowest BCUT2D eigenvalue weighted by Gasteiger charge is -2.13. The van der Waals surface area contributed by atoms with Crippen LogP contribution in [0, 0.1) is 6.92 Å². The predicted molar refractivity (Wildman–Crippen MR) is 107 cm³/mol. The highest BCUT2D eigenvalue weighted by atomic mass is 79.9. The minimum Gasteiger partial charge on any atom is -0.478 e. The van der Waals surface area contributed by atoms with Gasteiger partial charge in [-0.25, -0.2) is 4.79 Å². The normalized spacial score (nSPS) is 10.4. The van der Waals surface area contributed by atoms with Crippen molar-refractivity contribution in [2.24, 2.45) is 0 Å². The molecule has 3 rings (SSSR count). The summed E-state index contributed by atoms with van der Waals surface area (Å²) >= 11 is 3.32. The van der Waals surface area contributed by atoms with Crippen LogP contribution in [-0.4, -0.2) is 22.9 Å². The zero-order valence-electron chi connectivity index (χ0n) is 14.7. The molecule has 0 radical (unpaired) electrons. The molecule has 3 aromatic rings. The molecule has 0 aliphatic rings. The molecule has 2 amide bonds. The van der Waals surface area contributed by atoms with E-state index in [0.717, 1.165) is 5.56 Å².